The van der Waals surface area contributed by atoms with E-state index in [0.29, 0.717) is 19.0 Å². The molecule has 7 nitrogen and oxygen atoms in total. The molecule has 0 spiro atoms. The number of benzene rings is 1. The van der Waals surface area contributed by atoms with Crippen molar-refractivity contribution in [2.75, 3.05) is 25.4 Å². The van der Waals surface area contributed by atoms with Crippen LogP contribution in [-0.2, 0) is 16.6 Å². The number of fused-ring (bicyclic) bond motifs is 1. The lowest BCUT2D eigenvalue weighted by atomic mass is 10.2. The number of sulfonamides is 1. The predicted molar refractivity (Wildman–Crippen MR) is 98.5 cm³/mol. The normalized spacial score (nSPS) is 12.5. The molecule has 24 heavy (non-hydrogen) atoms. The lowest BCUT2D eigenvalue weighted by molar-refractivity contribution is 0.596. The van der Waals surface area contributed by atoms with Gasteiger partial charge in [-0.25, -0.2) is 13.6 Å². The molecule has 0 aliphatic carbocycles. The summed E-state index contributed by atoms with van der Waals surface area (Å²) in [6, 6.07) is 10.4. The Morgan fingerprint density at radius 2 is 2.04 bits per heavy atom. The Kier molecular flexibility index (Phi) is 6.62. The molecule has 4 N–H and O–H groups in total. The van der Waals surface area contributed by atoms with E-state index in [4.69, 9.17) is 5.14 Å². The molecular formula is C16H25N5O2S. The monoisotopic (exact) mass is 351 g/mol. The maximum atomic E-state index is 10.9. The van der Waals surface area contributed by atoms with Gasteiger partial charge in [-0.3, -0.25) is 4.99 Å². The molecule has 0 unspecified atom stereocenters. The molecule has 1 heterocycles. The number of nitrogens with two attached hydrogens (primary N) is 1. The van der Waals surface area contributed by atoms with Crippen molar-refractivity contribution in [3.05, 3.63) is 36.5 Å². The maximum absolute atomic E-state index is 10.9. The van der Waals surface area contributed by atoms with Gasteiger partial charge in [-0.05, 0) is 30.9 Å². The Labute approximate surface area is 143 Å². The molecule has 0 saturated carbocycles. The van der Waals surface area contributed by atoms with E-state index in [2.05, 4.69) is 44.6 Å². The fourth-order valence-electron chi connectivity index (χ4n) is 2.42. The van der Waals surface area contributed by atoms with Crippen molar-refractivity contribution in [2.45, 2.75) is 19.9 Å². The lowest BCUT2D eigenvalue weighted by Crippen LogP contribution is -2.40. The zero-order valence-corrected chi connectivity index (χ0v) is 14.7. The number of guanidine groups is 1. The van der Waals surface area contributed by atoms with Crippen molar-refractivity contribution in [3.8, 4) is 0 Å². The first-order chi connectivity index (χ1) is 11.5. The second-order valence-electron chi connectivity index (χ2n) is 5.48. The number of aromatic nitrogens is 1. The zero-order valence-electron chi connectivity index (χ0n) is 13.9. The molecular weight excluding hydrogens is 326 g/mol. The number of primary sulfonamides is 1. The van der Waals surface area contributed by atoms with E-state index in [1.165, 1.54) is 10.9 Å². The standard InChI is InChI=1S/C16H25N5O2S/c1-2-18-16(20-10-13-24(17,22)23)19-9-5-11-21-12-8-14-6-3-4-7-15(14)21/h3-4,6-8,12H,2,5,9-11,13H2,1H3,(H2,17,22,23)(H2,18,19,20). The number of para-hydroxylation sites is 1. The van der Waals surface area contributed by atoms with Crippen LogP contribution in [-0.4, -0.2) is 44.3 Å². The van der Waals surface area contributed by atoms with Crippen molar-refractivity contribution in [1.29, 1.82) is 0 Å². The maximum Gasteiger partial charge on any atom is 0.210 e. The topological polar surface area (TPSA) is 102 Å². The number of hydrogen-bond acceptors (Lipinski definition) is 3. The first-order valence-corrected chi connectivity index (χ1v) is 9.77. The van der Waals surface area contributed by atoms with Gasteiger partial charge in [0.25, 0.3) is 0 Å². The first-order valence-electron chi connectivity index (χ1n) is 8.06. The average molecular weight is 351 g/mol. The van der Waals surface area contributed by atoms with Crippen LogP contribution in [0.5, 0.6) is 0 Å². The molecule has 2 aromatic rings. The summed E-state index contributed by atoms with van der Waals surface area (Å²) in [6.07, 6.45) is 2.98. The summed E-state index contributed by atoms with van der Waals surface area (Å²) in [5, 5.41) is 12.3. The molecule has 0 saturated heterocycles. The van der Waals surface area contributed by atoms with E-state index in [0.717, 1.165) is 13.0 Å². The van der Waals surface area contributed by atoms with Crippen LogP contribution in [0.2, 0.25) is 0 Å². The molecule has 1 aromatic carbocycles. The zero-order chi connectivity index (χ0) is 17.4. The fraction of sp³-hybridized carbons (Fsp3) is 0.438. The van der Waals surface area contributed by atoms with Gasteiger partial charge < -0.3 is 15.2 Å². The van der Waals surface area contributed by atoms with Crippen LogP contribution in [0.4, 0.5) is 0 Å². The molecule has 132 valence electrons. The first kappa shape index (κ1) is 18.3. The van der Waals surface area contributed by atoms with Crippen LogP contribution in [0.3, 0.4) is 0 Å². The fourth-order valence-corrected chi connectivity index (χ4v) is 2.81. The van der Waals surface area contributed by atoms with Crippen LogP contribution >= 0.6 is 0 Å². The molecule has 0 amide bonds. The van der Waals surface area contributed by atoms with Crippen LogP contribution < -0.4 is 15.8 Å². The smallest absolute Gasteiger partial charge is 0.210 e. The Hall–Kier alpha value is -2.06. The Morgan fingerprint density at radius 1 is 1.25 bits per heavy atom. The van der Waals surface area contributed by atoms with Gasteiger partial charge in [0.2, 0.25) is 10.0 Å². The van der Waals surface area contributed by atoms with Crippen LogP contribution in [0.25, 0.3) is 10.9 Å². The third-order valence-electron chi connectivity index (χ3n) is 3.53. The number of hydrogen-bond donors (Lipinski definition) is 3. The highest BCUT2D eigenvalue weighted by Crippen LogP contribution is 2.15. The molecule has 0 atom stereocenters. The summed E-state index contributed by atoms with van der Waals surface area (Å²) in [7, 11) is -3.46. The summed E-state index contributed by atoms with van der Waals surface area (Å²) in [5.41, 5.74) is 1.22. The van der Waals surface area contributed by atoms with Crippen molar-refractivity contribution >= 4 is 26.9 Å². The minimum Gasteiger partial charge on any atom is -0.357 e. The quantitative estimate of drug-likeness (QED) is 0.373. The van der Waals surface area contributed by atoms with E-state index >= 15 is 0 Å². The van der Waals surface area contributed by atoms with Gasteiger partial charge in [-0.15, -0.1) is 0 Å². The van der Waals surface area contributed by atoms with E-state index < -0.39 is 10.0 Å². The highest BCUT2D eigenvalue weighted by Gasteiger charge is 2.03. The SMILES string of the molecule is CCNC(=NCCCn1ccc2ccccc21)NCCS(N)(=O)=O. The number of aryl methyl sites for hydroxylation is 1. The van der Waals surface area contributed by atoms with Crippen LogP contribution in [0.1, 0.15) is 13.3 Å². The van der Waals surface area contributed by atoms with Gasteiger partial charge in [-0.2, -0.15) is 0 Å². The molecule has 0 fully saturated rings. The summed E-state index contributed by atoms with van der Waals surface area (Å²) < 4.78 is 24.1. The molecule has 8 heteroatoms. The summed E-state index contributed by atoms with van der Waals surface area (Å²) in [5.74, 6) is 0.491. The van der Waals surface area contributed by atoms with Crippen LogP contribution in [0.15, 0.2) is 41.5 Å². The summed E-state index contributed by atoms with van der Waals surface area (Å²) in [4.78, 5) is 4.46. The largest absolute Gasteiger partial charge is 0.357 e. The summed E-state index contributed by atoms with van der Waals surface area (Å²) >= 11 is 0. The van der Waals surface area contributed by atoms with E-state index in [9.17, 15) is 8.42 Å². The van der Waals surface area contributed by atoms with E-state index in [1.807, 2.05) is 19.1 Å². The van der Waals surface area contributed by atoms with Gasteiger partial charge in [0.1, 0.15) is 0 Å². The van der Waals surface area contributed by atoms with Gasteiger partial charge in [-0.1, -0.05) is 18.2 Å². The van der Waals surface area contributed by atoms with Crippen molar-refractivity contribution in [1.82, 2.24) is 15.2 Å². The van der Waals surface area contributed by atoms with Gasteiger partial charge >= 0.3 is 0 Å². The molecule has 0 aliphatic rings. The number of rotatable bonds is 8. The number of nitrogens with one attached hydrogen (secondary N) is 2. The summed E-state index contributed by atoms with van der Waals surface area (Å²) in [6.45, 7) is 4.45. The Balaban J connectivity index is 1.83. The van der Waals surface area contributed by atoms with E-state index in [1.54, 1.807) is 0 Å². The molecule has 0 aliphatic heterocycles. The van der Waals surface area contributed by atoms with Crippen molar-refractivity contribution in [2.24, 2.45) is 10.1 Å². The highest BCUT2D eigenvalue weighted by atomic mass is 32.2. The van der Waals surface area contributed by atoms with Gasteiger partial charge in [0, 0.05) is 37.9 Å². The van der Waals surface area contributed by atoms with E-state index in [-0.39, 0.29) is 12.3 Å². The highest BCUT2D eigenvalue weighted by molar-refractivity contribution is 7.89. The van der Waals surface area contributed by atoms with Gasteiger partial charge in [0.15, 0.2) is 5.96 Å². The molecule has 0 bridgehead atoms. The average Bonchev–Trinajstić information content (AvgIpc) is 2.93. The second-order valence-corrected chi connectivity index (χ2v) is 7.21. The number of aliphatic imine (C=N–C) groups is 1. The predicted octanol–water partition coefficient (Wildman–Crippen LogP) is 0.875. The minimum absolute atomic E-state index is 0.118. The molecule has 2 rings (SSSR count). The molecule has 0 radical (unpaired) electrons. The third-order valence-corrected chi connectivity index (χ3v) is 4.30. The second kappa shape index (κ2) is 8.70. The third kappa shape index (κ3) is 5.86. The van der Waals surface area contributed by atoms with Crippen LogP contribution in [0, 0.1) is 0 Å². The van der Waals surface area contributed by atoms with Gasteiger partial charge in [0.05, 0.1) is 5.75 Å². The molecule has 1 aromatic heterocycles. The van der Waals surface area contributed by atoms with Crippen molar-refractivity contribution < 1.29 is 8.42 Å². The number of nitrogens with zero attached hydrogens (tertiary/aromatic N) is 2. The van der Waals surface area contributed by atoms with Crippen molar-refractivity contribution in [3.63, 3.8) is 0 Å². The Morgan fingerprint density at radius 3 is 2.79 bits per heavy atom. The lowest BCUT2D eigenvalue weighted by Gasteiger charge is -2.11. The Bertz CT molecular complexity index is 783. The minimum atomic E-state index is -3.46.